The fourth-order valence-electron chi connectivity index (χ4n) is 0.730. The smallest absolute Gasteiger partial charge is 0.312 e. The van der Waals surface area contributed by atoms with Crippen LogP contribution in [0, 0.1) is 10.1 Å². The van der Waals surface area contributed by atoms with E-state index >= 15 is 0 Å². The van der Waals surface area contributed by atoms with Gasteiger partial charge in [-0.1, -0.05) is 6.92 Å². The molecule has 0 atom stereocenters. The number of ether oxygens (including phenoxy) is 1. The van der Waals surface area contributed by atoms with E-state index < -0.39 is 10.9 Å². The van der Waals surface area contributed by atoms with Crippen LogP contribution in [0.25, 0.3) is 0 Å². The second kappa shape index (κ2) is 4.31. The zero-order valence-corrected chi connectivity index (χ0v) is 7.47. The highest BCUT2D eigenvalue weighted by Crippen LogP contribution is 2.13. The van der Waals surface area contributed by atoms with Crippen LogP contribution in [0.3, 0.4) is 0 Å². The van der Waals surface area contributed by atoms with Gasteiger partial charge in [0.1, 0.15) is 6.20 Å². The van der Waals surface area contributed by atoms with E-state index in [2.05, 4.69) is 4.98 Å². The number of nitro groups is 1. The zero-order valence-electron chi connectivity index (χ0n) is 7.47. The molecule has 0 bridgehead atoms. The maximum atomic E-state index is 10.8. The number of nitrogens with zero attached hydrogens (tertiary/aromatic N) is 2. The molecular formula is C8H8N2O4. The Labute approximate surface area is 79.7 Å². The van der Waals surface area contributed by atoms with Gasteiger partial charge in [0.2, 0.25) is 5.88 Å². The summed E-state index contributed by atoms with van der Waals surface area (Å²) in [5.41, 5.74) is -0.138. The minimum Gasteiger partial charge on any atom is -0.407 e. The quantitative estimate of drug-likeness (QED) is 0.413. The van der Waals surface area contributed by atoms with Gasteiger partial charge in [0.25, 0.3) is 5.69 Å². The van der Waals surface area contributed by atoms with Crippen molar-refractivity contribution in [2.75, 3.05) is 0 Å². The van der Waals surface area contributed by atoms with Crippen molar-refractivity contribution in [2.24, 2.45) is 0 Å². The number of aromatic nitrogens is 1. The number of pyridine rings is 1. The van der Waals surface area contributed by atoms with Crippen LogP contribution in [0.15, 0.2) is 18.3 Å². The zero-order chi connectivity index (χ0) is 10.6. The van der Waals surface area contributed by atoms with Crippen LogP contribution in [0.2, 0.25) is 0 Å². The van der Waals surface area contributed by atoms with Crippen LogP contribution in [0.4, 0.5) is 5.69 Å². The molecule has 14 heavy (non-hydrogen) atoms. The van der Waals surface area contributed by atoms with Gasteiger partial charge in [0, 0.05) is 18.6 Å². The highest BCUT2D eigenvalue weighted by molar-refractivity contribution is 5.71. The first-order valence-electron chi connectivity index (χ1n) is 3.94. The molecule has 0 unspecified atom stereocenters. The summed E-state index contributed by atoms with van der Waals surface area (Å²) in [6.45, 7) is 1.65. The van der Waals surface area contributed by atoms with E-state index in [0.29, 0.717) is 0 Å². The predicted molar refractivity (Wildman–Crippen MR) is 46.8 cm³/mol. The Morgan fingerprint density at radius 2 is 2.36 bits per heavy atom. The summed E-state index contributed by atoms with van der Waals surface area (Å²) in [6.07, 6.45) is 1.27. The Hall–Kier alpha value is -1.98. The number of rotatable bonds is 3. The van der Waals surface area contributed by atoms with E-state index in [1.54, 1.807) is 6.92 Å². The van der Waals surface area contributed by atoms with Crippen molar-refractivity contribution in [2.45, 2.75) is 13.3 Å². The summed E-state index contributed by atoms with van der Waals surface area (Å²) >= 11 is 0. The molecule has 1 heterocycles. The third kappa shape index (κ3) is 2.51. The van der Waals surface area contributed by atoms with Crippen LogP contribution in [0.5, 0.6) is 5.88 Å². The third-order valence-electron chi connectivity index (χ3n) is 1.44. The molecular weight excluding hydrogens is 188 g/mol. The van der Waals surface area contributed by atoms with Crippen molar-refractivity contribution >= 4 is 11.7 Å². The third-order valence-corrected chi connectivity index (χ3v) is 1.44. The molecule has 0 amide bonds. The number of carbonyl (C=O) groups excluding carboxylic acids is 1. The van der Waals surface area contributed by atoms with Crippen molar-refractivity contribution < 1.29 is 14.5 Å². The number of carbonyl (C=O) groups is 1. The van der Waals surface area contributed by atoms with Crippen molar-refractivity contribution in [3.63, 3.8) is 0 Å². The lowest BCUT2D eigenvalue weighted by Crippen LogP contribution is -2.06. The van der Waals surface area contributed by atoms with E-state index in [1.165, 1.54) is 12.1 Å². The summed E-state index contributed by atoms with van der Waals surface area (Å²) in [6, 6.07) is 2.51. The standard InChI is InChI=1S/C8H8N2O4/c1-2-8(11)14-7-4-3-6(5-9-7)10(12)13/h3-5H,2H2,1H3. The first-order chi connectivity index (χ1) is 6.63. The van der Waals surface area contributed by atoms with Crippen molar-refractivity contribution in [1.29, 1.82) is 0 Å². The molecule has 0 saturated heterocycles. The van der Waals surface area contributed by atoms with Crippen LogP contribution in [-0.2, 0) is 4.79 Å². The van der Waals surface area contributed by atoms with Gasteiger partial charge in [-0.3, -0.25) is 14.9 Å². The molecule has 6 heteroatoms. The lowest BCUT2D eigenvalue weighted by Gasteiger charge is -1.99. The summed E-state index contributed by atoms with van der Waals surface area (Å²) < 4.78 is 4.73. The molecule has 0 fully saturated rings. The van der Waals surface area contributed by atoms with Gasteiger partial charge >= 0.3 is 5.97 Å². The number of hydrogen-bond acceptors (Lipinski definition) is 5. The van der Waals surface area contributed by atoms with Gasteiger partial charge in [-0.2, -0.15) is 0 Å². The maximum absolute atomic E-state index is 10.8. The van der Waals surface area contributed by atoms with Gasteiger partial charge in [0.15, 0.2) is 0 Å². The van der Waals surface area contributed by atoms with E-state index in [4.69, 9.17) is 4.74 Å². The largest absolute Gasteiger partial charge is 0.407 e. The lowest BCUT2D eigenvalue weighted by molar-refractivity contribution is -0.385. The topological polar surface area (TPSA) is 82.3 Å². The molecule has 0 radical (unpaired) electrons. The Bertz CT molecular complexity index is 347. The molecule has 0 aliphatic rings. The molecule has 0 aliphatic heterocycles. The monoisotopic (exact) mass is 196 g/mol. The fourth-order valence-corrected chi connectivity index (χ4v) is 0.730. The van der Waals surface area contributed by atoms with Gasteiger partial charge < -0.3 is 4.74 Å². The summed E-state index contributed by atoms with van der Waals surface area (Å²) in [5.74, 6) is -0.353. The van der Waals surface area contributed by atoms with E-state index in [0.717, 1.165) is 6.20 Å². The molecule has 0 spiro atoms. The molecule has 0 aliphatic carbocycles. The Morgan fingerprint density at radius 3 is 2.79 bits per heavy atom. The second-order valence-electron chi connectivity index (χ2n) is 2.44. The Kier molecular flexibility index (Phi) is 3.11. The van der Waals surface area contributed by atoms with Crippen molar-refractivity contribution in [3.8, 4) is 5.88 Å². The van der Waals surface area contributed by atoms with Gasteiger partial charge in [-0.15, -0.1) is 0 Å². The molecule has 1 aromatic rings. The van der Waals surface area contributed by atoms with Crippen LogP contribution < -0.4 is 4.74 Å². The minimum absolute atomic E-state index is 0.0717. The minimum atomic E-state index is -0.571. The molecule has 0 N–H and O–H groups in total. The Balaban J connectivity index is 2.73. The van der Waals surface area contributed by atoms with Gasteiger partial charge in [0.05, 0.1) is 4.92 Å². The van der Waals surface area contributed by atoms with Crippen LogP contribution in [0.1, 0.15) is 13.3 Å². The first kappa shape index (κ1) is 10.1. The maximum Gasteiger partial charge on any atom is 0.312 e. The molecule has 0 aromatic carbocycles. The highest BCUT2D eigenvalue weighted by atomic mass is 16.6. The average Bonchev–Trinajstić information content (AvgIpc) is 2.18. The van der Waals surface area contributed by atoms with E-state index in [1.807, 2.05) is 0 Å². The lowest BCUT2D eigenvalue weighted by atomic mass is 10.4. The normalized spacial score (nSPS) is 9.50. The first-order valence-corrected chi connectivity index (χ1v) is 3.94. The molecule has 6 nitrogen and oxygen atoms in total. The van der Waals surface area contributed by atoms with Gasteiger partial charge in [-0.05, 0) is 0 Å². The number of hydrogen-bond donors (Lipinski definition) is 0. The van der Waals surface area contributed by atoms with Crippen molar-refractivity contribution in [1.82, 2.24) is 4.98 Å². The molecule has 1 aromatic heterocycles. The predicted octanol–water partition coefficient (Wildman–Crippen LogP) is 1.31. The van der Waals surface area contributed by atoms with E-state index in [-0.39, 0.29) is 18.0 Å². The summed E-state index contributed by atoms with van der Waals surface area (Å²) in [5, 5.41) is 10.2. The van der Waals surface area contributed by atoms with Crippen LogP contribution >= 0.6 is 0 Å². The molecule has 1 rings (SSSR count). The average molecular weight is 196 g/mol. The fraction of sp³-hybridized carbons (Fsp3) is 0.250. The second-order valence-corrected chi connectivity index (χ2v) is 2.44. The van der Waals surface area contributed by atoms with E-state index in [9.17, 15) is 14.9 Å². The Morgan fingerprint density at radius 1 is 1.64 bits per heavy atom. The summed E-state index contributed by atoms with van der Waals surface area (Å²) in [7, 11) is 0. The highest BCUT2D eigenvalue weighted by Gasteiger charge is 2.07. The summed E-state index contributed by atoms with van der Waals surface area (Å²) in [4.78, 5) is 24.1. The molecule has 0 saturated carbocycles. The number of esters is 1. The van der Waals surface area contributed by atoms with Crippen molar-refractivity contribution in [3.05, 3.63) is 28.4 Å². The van der Waals surface area contributed by atoms with Gasteiger partial charge in [-0.25, -0.2) is 4.98 Å². The molecule has 74 valence electrons. The SMILES string of the molecule is CCC(=O)Oc1ccc([N+](=O)[O-])cn1. The van der Waals surface area contributed by atoms with Crippen LogP contribution in [-0.4, -0.2) is 15.9 Å².